The third-order valence-corrected chi connectivity index (χ3v) is 7.12. The van der Waals surface area contributed by atoms with E-state index in [-0.39, 0.29) is 29.8 Å². The summed E-state index contributed by atoms with van der Waals surface area (Å²) in [6, 6.07) is 11.8. The van der Waals surface area contributed by atoms with Gasteiger partial charge in [0.15, 0.2) is 11.5 Å². The Morgan fingerprint density at radius 1 is 1.06 bits per heavy atom. The summed E-state index contributed by atoms with van der Waals surface area (Å²) in [5.74, 6) is 0.478. The predicted octanol–water partition coefficient (Wildman–Crippen LogP) is 3.22. The fraction of sp³-hybridized carbons (Fsp3) is 0.435. The van der Waals surface area contributed by atoms with Crippen LogP contribution in [0.15, 0.2) is 47.4 Å². The van der Waals surface area contributed by atoms with E-state index in [1.54, 1.807) is 0 Å². The van der Waals surface area contributed by atoms with Crippen LogP contribution in [-0.4, -0.2) is 59.6 Å². The molecule has 0 radical (unpaired) electrons. The first-order chi connectivity index (χ1) is 15.8. The molecule has 2 aromatic rings. The van der Waals surface area contributed by atoms with Gasteiger partial charge in [-0.15, -0.1) is 0 Å². The van der Waals surface area contributed by atoms with Crippen LogP contribution in [0.4, 0.5) is 0 Å². The van der Waals surface area contributed by atoms with Gasteiger partial charge in [0.1, 0.15) is 0 Å². The molecule has 1 atom stereocenters. The maximum Gasteiger partial charge on any atom is 0.240 e. The third kappa shape index (κ3) is 7.33. The smallest absolute Gasteiger partial charge is 0.240 e. The highest BCUT2D eigenvalue weighted by atomic mass is 35.5. The molecule has 33 heavy (non-hydrogen) atoms. The molecule has 0 saturated carbocycles. The van der Waals surface area contributed by atoms with E-state index in [1.165, 1.54) is 32.4 Å². The van der Waals surface area contributed by atoms with Gasteiger partial charge in [-0.1, -0.05) is 43.6 Å². The van der Waals surface area contributed by atoms with Crippen molar-refractivity contribution in [1.29, 1.82) is 0 Å². The molecule has 2 rings (SSSR count). The van der Waals surface area contributed by atoms with E-state index >= 15 is 0 Å². The summed E-state index contributed by atoms with van der Waals surface area (Å²) in [4.78, 5) is 14.7. The summed E-state index contributed by atoms with van der Waals surface area (Å²) in [7, 11) is -0.904. The van der Waals surface area contributed by atoms with Crippen LogP contribution in [-0.2, 0) is 14.8 Å². The molecule has 0 saturated heterocycles. The van der Waals surface area contributed by atoms with Gasteiger partial charge in [0.05, 0.1) is 25.2 Å². The molecule has 0 bridgehead atoms. The van der Waals surface area contributed by atoms with Gasteiger partial charge in [0.25, 0.3) is 0 Å². The predicted molar refractivity (Wildman–Crippen MR) is 129 cm³/mol. The van der Waals surface area contributed by atoms with Crippen LogP contribution in [0.3, 0.4) is 0 Å². The minimum Gasteiger partial charge on any atom is -0.493 e. The number of amides is 1. The van der Waals surface area contributed by atoms with Gasteiger partial charge in [-0.3, -0.25) is 9.69 Å². The van der Waals surface area contributed by atoms with Crippen LogP contribution in [0.1, 0.15) is 31.9 Å². The van der Waals surface area contributed by atoms with Gasteiger partial charge in [-0.05, 0) is 36.9 Å². The van der Waals surface area contributed by atoms with Crippen LogP contribution in [0.5, 0.6) is 11.5 Å². The van der Waals surface area contributed by atoms with E-state index in [1.807, 2.05) is 24.3 Å². The van der Waals surface area contributed by atoms with Crippen LogP contribution < -0.4 is 19.5 Å². The SMILES string of the molecule is CCN(CC)C(CNC(=O)CCNS(=O)(=O)c1ccc(OC)c(OC)c1)c1ccccc1Cl. The lowest BCUT2D eigenvalue weighted by Crippen LogP contribution is -2.39. The molecule has 0 aliphatic rings. The lowest BCUT2D eigenvalue weighted by Gasteiger charge is -2.31. The second kappa shape index (κ2) is 12.8. The lowest BCUT2D eigenvalue weighted by atomic mass is 10.0. The number of hydrogen-bond acceptors (Lipinski definition) is 6. The van der Waals surface area contributed by atoms with Crippen molar-refractivity contribution in [3.05, 3.63) is 53.1 Å². The fourth-order valence-corrected chi connectivity index (χ4v) is 4.82. The molecule has 0 aliphatic heterocycles. The van der Waals surface area contributed by atoms with Crippen molar-refractivity contribution in [2.45, 2.75) is 31.2 Å². The molecule has 10 heteroatoms. The molecule has 182 valence electrons. The Balaban J connectivity index is 1.96. The maximum absolute atomic E-state index is 12.6. The quantitative estimate of drug-likeness (QED) is 0.441. The number of carbonyl (C=O) groups excluding carboxylic acids is 1. The number of halogens is 1. The highest BCUT2D eigenvalue weighted by Crippen LogP contribution is 2.29. The van der Waals surface area contributed by atoms with Gasteiger partial charge >= 0.3 is 0 Å². The first-order valence-corrected chi connectivity index (χ1v) is 12.6. The first-order valence-electron chi connectivity index (χ1n) is 10.7. The average molecular weight is 498 g/mol. The van der Waals surface area contributed by atoms with Crippen LogP contribution in [0.25, 0.3) is 0 Å². The number of rotatable bonds is 13. The summed E-state index contributed by atoms with van der Waals surface area (Å²) < 4.78 is 37.9. The normalized spacial score (nSPS) is 12.4. The lowest BCUT2D eigenvalue weighted by molar-refractivity contribution is -0.121. The zero-order chi connectivity index (χ0) is 24.4. The number of sulfonamides is 1. The van der Waals surface area contributed by atoms with Crippen molar-refractivity contribution in [2.75, 3.05) is 40.4 Å². The molecule has 0 fully saturated rings. The molecule has 0 spiro atoms. The van der Waals surface area contributed by atoms with E-state index in [0.29, 0.717) is 23.1 Å². The number of nitrogens with one attached hydrogen (secondary N) is 2. The molecule has 2 N–H and O–H groups in total. The highest BCUT2D eigenvalue weighted by Gasteiger charge is 2.21. The number of ether oxygens (including phenoxy) is 2. The van der Waals surface area contributed by atoms with E-state index in [9.17, 15) is 13.2 Å². The molecule has 1 unspecified atom stereocenters. The van der Waals surface area contributed by atoms with Crippen molar-refractivity contribution in [2.24, 2.45) is 0 Å². The van der Waals surface area contributed by atoms with Crippen molar-refractivity contribution in [3.8, 4) is 11.5 Å². The Labute approximate surface area is 201 Å². The number of carbonyl (C=O) groups is 1. The Bertz CT molecular complexity index is 1030. The molecule has 8 nitrogen and oxygen atoms in total. The number of nitrogens with zero attached hydrogens (tertiary/aromatic N) is 1. The Kier molecular flexibility index (Phi) is 10.4. The summed E-state index contributed by atoms with van der Waals surface area (Å²) in [5.41, 5.74) is 0.942. The summed E-state index contributed by atoms with van der Waals surface area (Å²) in [6.07, 6.45) is 0.0000113. The first kappa shape index (κ1) is 26.9. The molecule has 0 heterocycles. The monoisotopic (exact) mass is 497 g/mol. The molecule has 0 aliphatic carbocycles. The van der Waals surface area contributed by atoms with Crippen molar-refractivity contribution < 1.29 is 22.7 Å². The summed E-state index contributed by atoms with van der Waals surface area (Å²) in [5, 5.41) is 3.55. The van der Waals surface area contributed by atoms with Gasteiger partial charge in [0, 0.05) is 30.6 Å². The van der Waals surface area contributed by atoms with E-state index in [0.717, 1.165) is 18.7 Å². The summed E-state index contributed by atoms with van der Waals surface area (Å²) >= 11 is 6.39. The zero-order valence-electron chi connectivity index (χ0n) is 19.4. The van der Waals surface area contributed by atoms with Gasteiger partial charge < -0.3 is 14.8 Å². The minimum atomic E-state index is -3.81. The largest absolute Gasteiger partial charge is 0.493 e. The standard InChI is InChI=1S/C23H32ClN3O5S/c1-5-27(6-2)20(18-9-7-8-10-19(18)24)16-25-23(28)13-14-26-33(29,30)17-11-12-21(31-3)22(15-17)32-4/h7-12,15,20,26H,5-6,13-14,16H2,1-4H3,(H,25,28). The average Bonchev–Trinajstić information content (AvgIpc) is 2.81. The molecular formula is C23H32ClN3O5S. The number of hydrogen-bond donors (Lipinski definition) is 2. The molecule has 2 aromatic carbocycles. The second-order valence-electron chi connectivity index (χ2n) is 7.23. The van der Waals surface area contributed by atoms with Crippen LogP contribution in [0, 0.1) is 0 Å². The van der Waals surface area contributed by atoms with Crippen molar-refractivity contribution >= 4 is 27.5 Å². The Morgan fingerprint density at radius 3 is 2.33 bits per heavy atom. The second-order valence-corrected chi connectivity index (χ2v) is 9.40. The van der Waals surface area contributed by atoms with E-state index in [2.05, 4.69) is 28.8 Å². The third-order valence-electron chi connectivity index (χ3n) is 5.32. The van der Waals surface area contributed by atoms with E-state index in [4.69, 9.17) is 21.1 Å². The maximum atomic E-state index is 12.6. The Morgan fingerprint density at radius 2 is 1.73 bits per heavy atom. The number of methoxy groups -OCH3 is 2. The molecular weight excluding hydrogens is 466 g/mol. The fourth-order valence-electron chi connectivity index (χ4n) is 3.51. The zero-order valence-corrected chi connectivity index (χ0v) is 21.0. The molecule has 1 amide bonds. The van der Waals surface area contributed by atoms with Crippen LogP contribution >= 0.6 is 11.6 Å². The molecule has 0 aromatic heterocycles. The Hall–Kier alpha value is -2.33. The van der Waals surface area contributed by atoms with Crippen molar-refractivity contribution in [1.82, 2.24) is 14.9 Å². The van der Waals surface area contributed by atoms with Gasteiger partial charge in [-0.2, -0.15) is 0 Å². The van der Waals surface area contributed by atoms with E-state index < -0.39 is 10.0 Å². The highest BCUT2D eigenvalue weighted by molar-refractivity contribution is 7.89. The van der Waals surface area contributed by atoms with Gasteiger partial charge in [-0.25, -0.2) is 13.1 Å². The topological polar surface area (TPSA) is 97.0 Å². The van der Waals surface area contributed by atoms with Gasteiger partial charge in [0.2, 0.25) is 15.9 Å². The summed E-state index contributed by atoms with van der Waals surface area (Å²) in [6.45, 7) is 6.04. The number of likely N-dealkylation sites (N-methyl/N-ethyl adjacent to an activating group) is 1. The minimum absolute atomic E-state index is 0.0000113. The number of benzene rings is 2. The van der Waals surface area contributed by atoms with Crippen molar-refractivity contribution in [3.63, 3.8) is 0 Å². The van der Waals surface area contributed by atoms with Crippen LogP contribution in [0.2, 0.25) is 5.02 Å².